The number of halogens is 2. The van der Waals surface area contributed by atoms with Crippen molar-refractivity contribution in [3.05, 3.63) is 64.9 Å². The summed E-state index contributed by atoms with van der Waals surface area (Å²) in [5.74, 6) is -0.0964. The van der Waals surface area contributed by atoms with Gasteiger partial charge in [-0.1, -0.05) is 41.9 Å². The van der Waals surface area contributed by atoms with Gasteiger partial charge in [-0.2, -0.15) is 0 Å². The third kappa shape index (κ3) is 4.13. The fourth-order valence-electron chi connectivity index (χ4n) is 2.76. The van der Waals surface area contributed by atoms with Gasteiger partial charge < -0.3 is 5.32 Å². The Bertz CT molecular complexity index is 719. The smallest absolute Gasteiger partial charge is 0.241 e. The summed E-state index contributed by atoms with van der Waals surface area (Å²) in [6, 6.07) is 14.1. The van der Waals surface area contributed by atoms with E-state index in [-0.39, 0.29) is 23.0 Å². The highest BCUT2D eigenvalue weighted by atomic mass is 35.5. The van der Waals surface area contributed by atoms with Gasteiger partial charge in [0.1, 0.15) is 5.82 Å². The normalized spacial score (nSPS) is 16.5. The van der Waals surface area contributed by atoms with Gasteiger partial charge >= 0.3 is 0 Å². The fourth-order valence-corrected chi connectivity index (χ4v) is 2.94. The molecule has 0 saturated heterocycles. The van der Waals surface area contributed by atoms with Crippen molar-refractivity contribution in [3.8, 4) is 0 Å². The van der Waals surface area contributed by atoms with Crippen LogP contribution < -0.4 is 10.6 Å². The SMILES string of the molecule is C[C@H](N[C@@H](c1ccccc1)C1CC1)C(=O)Nc1ccc(F)c(Cl)c1. The number of carbonyl (C=O) groups excluding carboxylic acids is 1. The van der Waals surface area contributed by atoms with Crippen LogP contribution in [0.15, 0.2) is 48.5 Å². The van der Waals surface area contributed by atoms with Gasteiger partial charge in [0.15, 0.2) is 0 Å². The van der Waals surface area contributed by atoms with Crippen molar-refractivity contribution in [2.45, 2.75) is 31.8 Å². The van der Waals surface area contributed by atoms with Crippen LogP contribution in [0, 0.1) is 11.7 Å². The lowest BCUT2D eigenvalue weighted by Gasteiger charge is -2.23. The molecule has 1 fully saturated rings. The summed E-state index contributed by atoms with van der Waals surface area (Å²) < 4.78 is 13.2. The van der Waals surface area contributed by atoms with Crippen LogP contribution >= 0.6 is 11.6 Å². The summed E-state index contributed by atoms with van der Waals surface area (Å²) in [7, 11) is 0. The molecule has 0 unspecified atom stereocenters. The summed E-state index contributed by atoms with van der Waals surface area (Å²) >= 11 is 5.75. The van der Waals surface area contributed by atoms with Crippen LogP contribution in [0.25, 0.3) is 0 Å². The van der Waals surface area contributed by atoms with E-state index in [0.717, 1.165) is 0 Å². The quantitative estimate of drug-likeness (QED) is 0.805. The Kier molecular flexibility index (Phi) is 5.17. The highest BCUT2D eigenvalue weighted by Gasteiger charge is 2.33. The Hall–Kier alpha value is -1.91. The Labute approximate surface area is 146 Å². The topological polar surface area (TPSA) is 41.1 Å². The molecular formula is C19H20ClFN2O. The summed E-state index contributed by atoms with van der Waals surface area (Å²) in [6.45, 7) is 1.83. The summed E-state index contributed by atoms with van der Waals surface area (Å²) in [5.41, 5.74) is 1.69. The summed E-state index contributed by atoms with van der Waals surface area (Å²) in [5, 5.41) is 6.19. The molecule has 2 aromatic carbocycles. The van der Waals surface area contributed by atoms with E-state index in [0.29, 0.717) is 11.6 Å². The minimum Gasteiger partial charge on any atom is -0.325 e. The predicted molar refractivity (Wildman–Crippen MR) is 94.5 cm³/mol. The van der Waals surface area contributed by atoms with Crippen molar-refractivity contribution in [3.63, 3.8) is 0 Å². The third-order valence-electron chi connectivity index (χ3n) is 4.26. The average molecular weight is 347 g/mol. The number of nitrogens with one attached hydrogen (secondary N) is 2. The van der Waals surface area contributed by atoms with Gasteiger partial charge in [-0.3, -0.25) is 10.1 Å². The summed E-state index contributed by atoms with van der Waals surface area (Å²) in [6.07, 6.45) is 2.35. The first kappa shape index (κ1) is 16.9. The summed E-state index contributed by atoms with van der Waals surface area (Å²) in [4.78, 5) is 12.4. The minimum absolute atomic E-state index is 0.00597. The number of benzene rings is 2. The monoisotopic (exact) mass is 346 g/mol. The molecule has 0 aromatic heterocycles. The Balaban J connectivity index is 1.65. The van der Waals surface area contributed by atoms with Crippen LogP contribution in [0.5, 0.6) is 0 Å². The van der Waals surface area contributed by atoms with Crippen LogP contribution in [0.2, 0.25) is 5.02 Å². The second-order valence-electron chi connectivity index (χ2n) is 6.23. The van der Waals surface area contributed by atoms with E-state index in [9.17, 15) is 9.18 Å². The Morgan fingerprint density at radius 3 is 2.54 bits per heavy atom. The van der Waals surface area contributed by atoms with E-state index in [2.05, 4.69) is 22.8 Å². The van der Waals surface area contributed by atoms with Crippen molar-refractivity contribution in [2.24, 2.45) is 5.92 Å². The van der Waals surface area contributed by atoms with Crippen molar-refractivity contribution in [1.82, 2.24) is 5.32 Å². The highest BCUT2D eigenvalue weighted by Crippen LogP contribution is 2.41. The van der Waals surface area contributed by atoms with Gasteiger partial charge in [0.2, 0.25) is 5.91 Å². The lowest BCUT2D eigenvalue weighted by atomic mass is 10.0. The first-order valence-corrected chi connectivity index (χ1v) is 8.49. The van der Waals surface area contributed by atoms with Crippen molar-refractivity contribution >= 4 is 23.2 Å². The maximum Gasteiger partial charge on any atom is 0.241 e. The standard InChI is InChI=1S/C19H20ClFN2O/c1-12(19(24)23-15-9-10-17(21)16(20)11-15)22-18(14-7-8-14)13-5-3-2-4-6-13/h2-6,9-12,14,18,22H,7-8H2,1H3,(H,23,24)/t12-,18-/m0/s1. The Morgan fingerprint density at radius 2 is 1.92 bits per heavy atom. The van der Waals surface area contributed by atoms with Gasteiger partial charge in [-0.05, 0) is 49.4 Å². The van der Waals surface area contributed by atoms with Crippen molar-refractivity contribution < 1.29 is 9.18 Å². The molecule has 1 aliphatic carbocycles. The van der Waals surface area contributed by atoms with Gasteiger partial charge in [-0.25, -0.2) is 4.39 Å². The number of anilines is 1. The molecule has 0 bridgehead atoms. The zero-order chi connectivity index (χ0) is 17.1. The molecule has 0 radical (unpaired) electrons. The van der Waals surface area contributed by atoms with Gasteiger partial charge in [-0.15, -0.1) is 0 Å². The number of amides is 1. The zero-order valence-electron chi connectivity index (χ0n) is 13.4. The van der Waals surface area contributed by atoms with Gasteiger partial charge in [0.05, 0.1) is 11.1 Å². The molecule has 3 rings (SSSR count). The van der Waals surface area contributed by atoms with Gasteiger partial charge in [0.25, 0.3) is 0 Å². The maximum atomic E-state index is 13.2. The number of hydrogen-bond acceptors (Lipinski definition) is 2. The maximum absolute atomic E-state index is 13.2. The molecule has 5 heteroatoms. The molecule has 2 aromatic rings. The first-order valence-electron chi connectivity index (χ1n) is 8.11. The fraction of sp³-hybridized carbons (Fsp3) is 0.316. The molecule has 1 amide bonds. The third-order valence-corrected chi connectivity index (χ3v) is 4.55. The lowest BCUT2D eigenvalue weighted by Crippen LogP contribution is -2.40. The molecule has 0 spiro atoms. The van der Waals surface area contributed by atoms with E-state index in [1.165, 1.54) is 36.6 Å². The molecule has 3 nitrogen and oxygen atoms in total. The molecule has 0 aliphatic heterocycles. The van der Waals surface area contributed by atoms with E-state index < -0.39 is 5.82 Å². The van der Waals surface area contributed by atoms with Crippen molar-refractivity contribution in [1.29, 1.82) is 0 Å². The predicted octanol–water partition coefficient (Wildman–Crippen LogP) is 4.55. The minimum atomic E-state index is -0.501. The van der Waals surface area contributed by atoms with E-state index in [1.807, 2.05) is 25.1 Å². The molecule has 24 heavy (non-hydrogen) atoms. The molecule has 2 atom stereocenters. The van der Waals surface area contributed by atoms with Crippen LogP contribution in [0.1, 0.15) is 31.4 Å². The van der Waals surface area contributed by atoms with E-state index >= 15 is 0 Å². The molecule has 2 N–H and O–H groups in total. The lowest BCUT2D eigenvalue weighted by molar-refractivity contribution is -0.118. The van der Waals surface area contributed by atoms with Crippen LogP contribution in [0.4, 0.5) is 10.1 Å². The van der Waals surface area contributed by atoms with Crippen LogP contribution in [0.3, 0.4) is 0 Å². The second-order valence-corrected chi connectivity index (χ2v) is 6.64. The van der Waals surface area contributed by atoms with Gasteiger partial charge in [0, 0.05) is 11.7 Å². The van der Waals surface area contributed by atoms with E-state index in [4.69, 9.17) is 11.6 Å². The molecule has 1 saturated carbocycles. The molecular weight excluding hydrogens is 327 g/mol. The number of carbonyl (C=O) groups is 1. The largest absolute Gasteiger partial charge is 0.325 e. The van der Waals surface area contributed by atoms with Crippen LogP contribution in [-0.4, -0.2) is 11.9 Å². The highest BCUT2D eigenvalue weighted by molar-refractivity contribution is 6.31. The van der Waals surface area contributed by atoms with Crippen LogP contribution in [-0.2, 0) is 4.79 Å². The Morgan fingerprint density at radius 1 is 1.21 bits per heavy atom. The second kappa shape index (κ2) is 7.32. The average Bonchev–Trinajstić information content (AvgIpc) is 3.41. The number of rotatable bonds is 6. The first-order chi connectivity index (χ1) is 11.5. The molecule has 0 heterocycles. The zero-order valence-corrected chi connectivity index (χ0v) is 14.2. The number of hydrogen-bond donors (Lipinski definition) is 2. The van der Waals surface area contributed by atoms with E-state index in [1.54, 1.807) is 0 Å². The molecule has 1 aliphatic rings. The van der Waals surface area contributed by atoms with Crippen molar-refractivity contribution in [2.75, 3.05) is 5.32 Å². The molecule has 126 valence electrons.